The lowest BCUT2D eigenvalue weighted by Crippen LogP contribution is -2.41. The third-order valence-corrected chi connectivity index (χ3v) is 4.46. The van der Waals surface area contributed by atoms with E-state index < -0.39 is 11.9 Å². The van der Waals surface area contributed by atoms with Crippen LogP contribution in [0.2, 0.25) is 0 Å². The zero-order chi connectivity index (χ0) is 14.8. The standard InChI is InChI=1S/C16H20N2O3/c19-15(9-17-11-5-1-2-6-11)18-10-13(16(20)21)12-7-3-4-8-14(12)18/h3-4,7-8,11,13,17H,1-2,5-6,9-10H2,(H,20,21). The quantitative estimate of drug-likeness (QED) is 0.885. The Balaban J connectivity index is 1.70. The van der Waals surface area contributed by atoms with E-state index in [2.05, 4.69) is 5.32 Å². The lowest BCUT2D eigenvalue weighted by molar-refractivity contribution is -0.138. The molecule has 0 radical (unpaired) electrons. The number of benzene rings is 1. The molecule has 2 N–H and O–H groups in total. The van der Waals surface area contributed by atoms with Crippen molar-refractivity contribution in [2.24, 2.45) is 0 Å². The molecule has 1 unspecified atom stereocenters. The number of nitrogens with one attached hydrogen (secondary N) is 1. The number of carbonyl (C=O) groups excluding carboxylic acids is 1. The van der Waals surface area contributed by atoms with E-state index >= 15 is 0 Å². The summed E-state index contributed by atoms with van der Waals surface area (Å²) in [5.41, 5.74) is 1.47. The summed E-state index contributed by atoms with van der Waals surface area (Å²) in [5.74, 6) is -1.53. The minimum atomic E-state index is -0.874. The number of anilines is 1. The second kappa shape index (κ2) is 5.85. The van der Waals surface area contributed by atoms with Crippen molar-refractivity contribution in [3.05, 3.63) is 29.8 Å². The first kappa shape index (κ1) is 14.1. The van der Waals surface area contributed by atoms with Crippen LogP contribution in [0.3, 0.4) is 0 Å². The van der Waals surface area contributed by atoms with Crippen LogP contribution < -0.4 is 10.2 Å². The monoisotopic (exact) mass is 288 g/mol. The molecule has 1 atom stereocenters. The first-order valence-electron chi connectivity index (χ1n) is 7.52. The van der Waals surface area contributed by atoms with Gasteiger partial charge in [0.25, 0.3) is 0 Å². The van der Waals surface area contributed by atoms with Crippen LogP contribution in [-0.2, 0) is 9.59 Å². The van der Waals surface area contributed by atoms with Gasteiger partial charge in [0.2, 0.25) is 5.91 Å². The summed E-state index contributed by atoms with van der Waals surface area (Å²) in [6.45, 7) is 0.519. The zero-order valence-electron chi connectivity index (χ0n) is 11.9. The summed E-state index contributed by atoms with van der Waals surface area (Å²) in [6.07, 6.45) is 4.70. The molecule has 0 bridgehead atoms. The van der Waals surface area contributed by atoms with Crippen LogP contribution in [0.25, 0.3) is 0 Å². The van der Waals surface area contributed by atoms with E-state index in [1.807, 2.05) is 18.2 Å². The minimum absolute atomic E-state index is 0.0434. The predicted molar refractivity (Wildman–Crippen MR) is 79.4 cm³/mol. The largest absolute Gasteiger partial charge is 0.481 e. The molecule has 21 heavy (non-hydrogen) atoms. The number of aliphatic carboxylic acids is 1. The van der Waals surface area contributed by atoms with E-state index in [0.717, 1.165) is 24.1 Å². The van der Waals surface area contributed by atoms with E-state index in [9.17, 15) is 14.7 Å². The smallest absolute Gasteiger partial charge is 0.312 e. The van der Waals surface area contributed by atoms with E-state index in [0.29, 0.717) is 6.04 Å². The molecule has 1 heterocycles. The molecule has 1 aliphatic carbocycles. The number of hydrogen-bond acceptors (Lipinski definition) is 3. The number of carboxylic acid groups (broad SMARTS) is 1. The van der Waals surface area contributed by atoms with Crippen molar-refractivity contribution in [2.75, 3.05) is 18.0 Å². The van der Waals surface area contributed by atoms with Gasteiger partial charge in [-0.2, -0.15) is 0 Å². The highest BCUT2D eigenvalue weighted by atomic mass is 16.4. The lowest BCUT2D eigenvalue weighted by Gasteiger charge is -2.19. The van der Waals surface area contributed by atoms with Crippen LogP contribution in [-0.4, -0.2) is 36.1 Å². The lowest BCUT2D eigenvalue weighted by atomic mass is 10.0. The highest BCUT2D eigenvalue weighted by molar-refractivity contribution is 5.99. The van der Waals surface area contributed by atoms with Crippen molar-refractivity contribution in [2.45, 2.75) is 37.6 Å². The minimum Gasteiger partial charge on any atom is -0.481 e. The molecule has 0 spiro atoms. The van der Waals surface area contributed by atoms with Crippen molar-refractivity contribution < 1.29 is 14.7 Å². The molecule has 5 heteroatoms. The number of hydrogen-bond donors (Lipinski definition) is 2. The van der Waals surface area contributed by atoms with Crippen LogP contribution in [0, 0.1) is 0 Å². The molecule has 0 aromatic heterocycles. The fraction of sp³-hybridized carbons (Fsp3) is 0.500. The van der Waals surface area contributed by atoms with Crippen LogP contribution in [0.15, 0.2) is 24.3 Å². The summed E-state index contributed by atoms with van der Waals surface area (Å²) in [5, 5.41) is 12.6. The molecule has 1 aromatic carbocycles. The van der Waals surface area contributed by atoms with Crippen LogP contribution >= 0.6 is 0 Å². The SMILES string of the molecule is O=C(O)C1CN(C(=O)CNC2CCCC2)c2ccccc21. The molecule has 1 aliphatic heterocycles. The second-order valence-electron chi connectivity index (χ2n) is 5.82. The fourth-order valence-electron chi connectivity index (χ4n) is 3.31. The van der Waals surface area contributed by atoms with Crippen molar-refractivity contribution in [3.8, 4) is 0 Å². The van der Waals surface area contributed by atoms with Gasteiger partial charge in [0.1, 0.15) is 5.92 Å². The molecule has 1 amide bonds. The highest BCUT2D eigenvalue weighted by Gasteiger charge is 2.36. The number of rotatable bonds is 4. The van der Waals surface area contributed by atoms with Gasteiger partial charge in [0.05, 0.1) is 6.54 Å². The number of carbonyl (C=O) groups is 2. The first-order valence-corrected chi connectivity index (χ1v) is 7.52. The van der Waals surface area contributed by atoms with Crippen molar-refractivity contribution in [1.82, 2.24) is 5.32 Å². The Labute approximate surface area is 123 Å². The number of amides is 1. The molecule has 2 aliphatic rings. The summed E-state index contributed by atoms with van der Waals surface area (Å²) in [6, 6.07) is 7.72. The van der Waals surface area contributed by atoms with E-state index in [-0.39, 0.29) is 19.0 Å². The van der Waals surface area contributed by atoms with E-state index in [1.54, 1.807) is 11.0 Å². The molecule has 1 saturated carbocycles. The van der Waals surface area contributed by atoms with Crippen LogP contribution in [0.1, 0.15) is 37.2 Å². The third kappa shape index (κ3) is 2.78. The Bertz CT molecular complexity index is 552. The number of carboxylic acids is 1. The molecule has 112 valence electrons. The maximum atomic E-state index is 12.4. The number of fused-ring (bicyclic) bond motifs is 1. The van der Waals surface area contributed by atoms with E-state index in [4.69, 9.17) is 0 Å². The molecular formula is C16H20N2O3. The maximum Gasteiger partial charge on any atom is 0.312 e. The Kier molecular flexibility index (Phi) is 3.92. The van der Waals surface area contributed by atoms with Gasteiger partial charge in [-0.1, -0.05) is 31.0 Å². The highest BCUT2D eigenvalue weighted by Crippen LogP contribution is 2.36. The van der Waals surface area contributed by atoms with Gasteiger partial charge in [0.15, 0.2) is 0 Å². The van der Waals surface area contributed by atoms with Gasteiger partial charge in [-0.15, -0.1) is 0 Å². The molecule has 0 saturated heterocycles. The normalized spacial score (nSPS) is 21.5. The van der Waals surface area contributed by atoms with Crippen molar-refractivity contribution in [1.29, 1.82) is 0 Å². The predicted octanol–water partition coefficient (Wildman–Crippen LogP) is 1.73. The van der Waals surface area contributed by atoms with Crippen LogP contribution in [0.4, 0.5) is 5.69 Å². The summed E-state index contributed by atoms with van der Waals surface area (Å²) in [7, 11) is 0. The summed E-state index contributed by atoms with van der Waals surface area (Å²) in [4.78, 5) is 25.4. The summed E-state index contributed by atoms with van der Waals surface area (Å²) >= 11 is 0. The third-order valence-electron chi connectivity index (χ3n) is 4.46. The molecule has 1 fully saturated rings. The van der Waals surface area contributed by atoms with Gasteiger partial charge >= 0.3 is 5.97 Å². The second-order valence-corrected chi connectivity index (χ2v) is 5.82. The number of nitrogens with zero attached hydrogens (tertiary/aromatic N) is 1. The fourth-order valence-corrected chi connectivity index (χ4v) is 3.31. The zero-order valence-corrected chi connectivity index (χ0v) is 11.9. The van der Waals surface area contributed by atoms with Crippen molar-refractivity contribution >= 4 is 17.6 Å². The van der Waals surface area contributed by atoms with Gasteiger partial charge in [-0.05, 0) is 24.5 Å². The Morgan fingerprint density at radius 2 is 1.95 bits per heavy atom. The molecule has 5 nitrogen and oxygen atoms in total. The average Bonchev–Trinajstić information content (AvgIpc) is 3.12. The van der Waals surface area contributed by atoms with Gasteiger partial charge in [-0.25, -0.2) is 0 Å². The van der Waals surface area contributed by atoms with E-state index in [1.165, 1.54) is 12.8 Å². The maximum absolute atomic E-state index is 12.4. The van der Waals surface area contributed by atoms with Crippen LogP contribution in [0.5, 0.6) is 0 Å². The Morgan fingerprint density at radius 1 is 1.24 bits per heavy atom. The first-order chi connectivity index (χ1) is 10.2. The molecule has 1 aromatic rings. The van der Waals surface area contributed by atoms with Crippen molar-refractivity contribution in [3.63, 3.8) is 0 Å². The number of para-hydroxylation sites is 1. The van der Waals surface area contributed by atoms with Gasteiger partial charge in [0, 0.05) is 18.3 Å². The van der Waals surface area contributed by atoms with Gasteiger partial charge < -0.3 is 15.3 Å². The molecule has 3 rings (SSSR count). The average molecular weight is 288 g/mol. The Morgan fingerprint density at radius 3 is 2.67 bits per heavy atom. The Hall–Kier alpha value is -1.88. The molecular weight excluding hydrogens is 268 g/mol. The topological polar surface area (TPSA) is 69.6 Å². The van der Waals surface area contributed by atoms with Gasteiger partial charge in [-0.3, -0.25) is 9.59 Å². The summed E-state index contributed by atoms with van der Waals surface area (Å²) < 4.78 is 0.